The molecule has 0 saturated carbocycles. The lowest BCUT2D eigenvalue weighted by molar-refractivity contribution is -0.383. The number of anilines is 2. The van der Waals surface area contributed by atoms with E-state index in [9.17, 15) is 14.9 Å². The van der Waals surface area contributed by atoms with Crippen LogP contribution in [0.4, 0.5) is 17.1 Å². The van der Waals surface area contributed by atoms with Gasteiger partial charge in [0.05, 0.1) is 21.7 Å². The fourth-order valence-electron chi connectivity index (χ4n) is 1.83. The van der Waals surface area contributed by atoms with Crippen LogP contribution in [0.5, 0.6) is 0 Å². The number of carboxylic acids is 1. The average Bonchev–Trinajstić information content (AvgIpc) is 2.47. The number of hydrogen-bond acceptors (Lipinski definition) is 5. The summed E-state index contributed by atoms with van der Waals surface area (Å²) in [7, 11) is 0. The first-order chi connectivity index (χ1) is 10.0. The summed E-state index contributed by atoms with van der Waals surface area (Å²) in [6.45, 7) is 0. The summed E-state index contributed by atoms with van der Waals surface area (Å²) < 4.78 is 0. The standard InChI is InChI=1S/C14H9N3O4/c15-8-9-4-1-2-6-11(9)16-13-10(14(18)19)5-3-7-12(13)17(20)21/h1-7,16H,(H,18,19). The Labute approximate surface area is 119 Å². The molecule has 2 aromatic carbocycles. The maximum absolute atomic E-state index is 11.2. The molecule has 0 amide bonds. The van der Waals surface area contributed by atoms with E-state index < -0.39 is 10.9 Å². The number of hydrogen-bond donors (Lipinski definition) is 2. The lowest BCUT2D eigenvalue weighted by Crippen LogP contribution is -2.06. The third-order valence-electron chi connectivity index (χ3n) is 2.78. The van der Waals surface area contributed by atoms with Gasteiger partial charge in [-0.15, -0.1) is 0 Å². The first-order valence-corrected chi connectivity index (χ1v) is 5.81. The normalized spacial score (nSPS) is 9.67. The molecule has 2 rings (SSSR count). The van der Waals surface area contributed by atoms with E-state index in [1.54, 1.807) is 18.2 Å². The van der Waals surface area contributed by atoms with Crippen molar-refractivity contribution in [1.29, 1.82) is 5.26 Å². The molecule has 0 spiro atoms. The van der Waals surface area contributed by atoms with Crippen molar-refractivity contribution in [3.05, 3.63) is 63.7 Å². The molecular weight excluding hydrogens is 274 g/mol. The van der Waals surface area contributed by atoms with Crippen molar-refractivity contribution in [1.82, 2.24) is 0 Å². The predicted octanol–water partition coefficient (Wildman–Crippen LogP) is 2.91. The van der Waals surface area contributed by atoms with Gasteiger partial charge in [0, 0.05) is 6.07 Å². The molecule has 0 aliphatic heterocycles. The fourth-order valence-corrected chi connectivity index (χ4v) is 1.83. The number of nitriles is 1. The molecule has 0 aromatic heterocycles. The second-order valence-electron chi connectivity index (χ2n) is 4.04. The van der Waals surface area contributed by atoms with Gasteiger partial charge in [-0.2, -0.15) is 5.26 Å². The minimum atomic E-state index is -1.30. The molecule has 0 saturated heterocycles. The van der Waals surface area contributed by atoms with Crippen molar-refractivity contribution in [2.45, 2.75) is 0 Å². The number of aromatic carboxylic acids is 1. The van der Waals surface area contributed by atoms with Crippen molar-refractivity contribution in [3.63, 3.8) is 0 Å². The quantitative estimate of drug-likeness (QED) is 0.658. The van der Waals surface area contributed by atoms with Crippen LogP contribution in [-0.2, 0) is 0 Å². The number of nitrogens with zero attached hydrogens (tertiary/aromatic N) is 2. The average molecular weight is 283 g/mol. The van der Waals surface area contributed by atoms with Gasteiger partial charge in [-0.1, -0.05) is 18.2 Å². The van der Waals surface area contributed by atoms with Crippen LogP contribution in [-0.4, -0.2) is 16.0 Å². The van der Waals surface area contributed by atoms with Gasteiger partial charge >= 0.3 is 5.97 Å². The molecule has 21 heavy (non-hydrogen) atoms. The number of benzene rings is 2. The Morgan fingerprint density at radius 1 is 1.24 bits per heavy atom. The van der Waals surface area contributed by atoms with Gasteiger partial charge in [-0.05, 0) is 18.2 Å². The Kier molecular flexibility index (Phi) is 3.81. The molecule has 7 heteroatoms. The molecule has 104 valence electrons. The van der Waals surface area contributed by atoms with E-state index in [0.29, 0.717) is 5.69 Å². The van der Waals surface area contributed by atoms with Crippen molar-refractivity contribution < 1.29 is 14.8 Å². The van der Waals surface area contributed by atoms with Crippen molar-refractivity contribution in [3.8, 4) is 6.07 Å². The first kappa shape index (κ1) is 14.0. The summed E-state index contributed by atoms with van der Waals surface area (Å²) in [4.78, 5) is 21.6. The molecule has 2 N–H and O–H groups in total. The van der Waals surface area contributed by atoms with Gasteiger partial charge < -0.3 is 10.4 Å². The van der Waals surface area contributed by atoms with Gasteiger partial charge in [0.15, 0.2) is 0 Å². The number of carboxylic acid groups (broad SMARTS) is 1. The minimum absolute atomic E-state index is 0.155. The Bertz CT molecular complexity index is 733. The van der Waals surface area contributed by atoms with E-state index >= 15 is 0 Å². The first-order valence-electron chi connectivity index (χ1n) is 5.81. The molecule has 0 unspecified atom stereocenters. The van der Waals surface area contributed by atoms with Crippen LogP contribution in [0.15, 0.2) is 42.5 Å². The van der Waals surface area contributed by atoms with Crippen molar-refractivity contribution >= 4 is 23.0 Å². The van der Waals surface area contributed by atoms with Crippen molar-refractivity contribution in [2.75, 3.05) is 5.32 Å². The summed E-state index contributed by atoms with van der Waals surface area (Å²) >= 11 is 0. The molecular formula is C14H9N3O4. The van der Waals surface area contributed by atoms with Crippen LogP contribution >= 0.6 is 0 Å². The van der Waals surface area contributed by atoms with Crippen LogP contribution in [0, 0.1) is 21.4 Å². The van der Waals surface area contributed by atoms with Crippen LogP contribution in [0.1, 0.15) is 15.9 Å². The highest BCUT2D eigenvalue weighted by atomic mass is 16.6. The predicted molar refractivity (Wildman–Crippen MR) is 74.5 cm³/mol. The smallest absolute Gasteiger partial charge is 0.338 e. The molecule has 7 nitrogen and oxygen atoms in total. The topological polar surface area (TPSA) is 116 Å². The van der Waals surface area contributed by atoms with Crippen LogP contribution in [0.2, 0.25) is 0 Å². The third kappa shape index (κ3) is 2.79. The molecule has 0 aliphatic carbocycles. The third-order valence-corrected chi connectivity index (χ3v) is 2.78. The molecule has 0 atom stereocenters. The molecule has 0 radical (unpaired) electrons. The number of nitro benzene ring substituents is 1. The number of para-hydroxylation sites is 2. The maximum Gasteiger partial charge on any atom is 0.338 e. The summed E-state index contributed by atoms with van der Waals surface area (Å²) in [5.74, 6) is -1.30. The second kappa shape index (κ2) is 5.71. The van der Waals surface area contributed by atoms with E-state index in [1.165, 1.54) is 24.3 Å². The van der Waals surface area contributed by atoms with Gasteiger partial charge in [0.1, 0.15) is 11.8 Å². The highest BCUT2D eigenvalue weighted by Gasteiger charge is 2.22. The number of nitrogens with one attached hydrogen (secondary N) is 1. The van der Waals surface area contributed by atoms with Crippen molar-refractivity contribution in [2.24, 2.45) is 0 Å². The lowest BCUT2D eigenvalue weighted by Gasteiger charge is -2.11. The van der Waals surface area contributed by atoms with E-state index in [-0.39, 0.29) is 22.5 Å². The Hall–Kier alpha value is -3.40. The van der Waals surface area contributed by atoms with Gasteiger partial charge in [-0.25, -0.2) is 4.79 Å². The Morgan fingerprint density at radius 3 is 2.57 bits per heavy atom. The largest absolute Gasteiger partial charge is 0.478 e. The molecule has 0 fully saturated rings. The molecule has 2 aromatic rings. The molecule has 0 aliphatic rings. The van der Waals surface area contributed by atoms with E-state index in [4.69, 9.17) is 10.4 Å². The highest BCUT2D eigenvalue weighted by molar-refractivity contribution is 5.98. The number of carbonyl (C=O) groups is 1. The zero-order chi connectivity index (χ0) is 15.4. The SMILES string of the molecule is N#Cc1ccccc1Nc1c(C(=O)O)cccc1[N+](=O)[O-]. The summed E-state index contributed by atoms with van der Waals surface area (Å²) in [5, 5.41) is 31.9. The summed E-state index contributed by atoms with van der Waals surface area (Å²) in [6.07, 6.45) is 0. The van der Waals surface area contributed by atoms with Crippen LogP contribution in [0.25, 0.3) is 0 Å². The maximum atomic E-state index is 11.2. The molecule has 0 heterocycles. The Balaban J connectivity index is 2.60. The van der Waals surface area contributed by atoms with E-state index in [0.717, 1.165) is 0 Å². The fraction of sp³-hybridized carbons (Fsp3) is 0. The number of rotatable bonds is 4. The van der Waals surface area contributed by atoms with Crippen LogP contribution in [0.3, 0.4) is 0 Å². The Morgan fingerprint density at radius 2 is 1.95 bits per heavy atom. The van der Waals surface area contributed by atoms with E-state index in [1.807, 2.05) is 6.07 Å². The zero-order valence-corrected chi connectivity index (χ0v) is 10.6. The van der Waals surface area contributed by atoms with E-state index in [2.05, 4.69) is 5.32 Å². The summed E-state index contributed by atoms with van der Waals surface area (Å²) in [6, 6.07) is 12.0. The van der Waals surface area contributed by atoms with Gasteiger partial charge in [-0.3, -0.25) is 10.1 Å². The van der Waals surface area contributed by atoms with Gasteiger partial charge in [0.2, 0.25) is 0 Å². The van der Waals surface area contributed by atoms with Crippen LogP contribution < -0.4 is 5.32 Å². The zero-order valence-electron chi connectivity index (χ0n) is 10.6. The monoisotopic (exact) mass is 283 g/mol. The number of nitro groups is 1. The minimum Gasteiger partial charge on any atom is -0.478 e. The summed E-state index contributed by atoms with van der Waals surface area (Å²) in [5.41, 5.74) is -0.207. The lowest BCUT2D eigenvalue weighted by atomic mass is 10.1. The highest BCUT2D eigenvalue weighted by Crippen LogP contribution is 2.32. The van der Waals surface area contributed by atoms with Gasteiger partial charge in [0.25, 0.3) is 5.69 Å². The molecule has 0 bridgehead atoms. The second-order valence-corrected chi connectivity index (χ2v) is 4.04.